The molecule has 14 rings (SSSR count). The fraction of sp³-hybridized carbons (Fsp3) is 0.196. The largest absolute Gasteiger partial charge is 0.309 e. The van der Waals surface area contributed by atoms with Crippen molar-refractivity contribution < 1.29 is 0 Å². The normalized spacial score (nSPS) is 22.0. The van der Waals surface area contributed by atoms with Gasteiger partial charge in [0.25, 0.3) is 0 Å². The summed E-state index contributed by atoms with van der Waals surface area (Å²) in [4.78, 5) is 5.56. The summed E-state index contributed by atoms with van der Waals surface area (Å²) >= 11 is 0. The highest BCUT2D eigenvalue weighted by Crippen LogP contribution is 2.61. The van der Waals surface area contributed by atoms with Crippen LogP contribution >= 0.6 is 0 Å². The fourth-order valence-electron chi connectivity index (χ4n) is 12.2. The predicted octanol–water partition coefficient (Wildman–Crippen LogP) is 12.8. The van der Waals surface area contributed by atoms with E-state index >= 15 is 0 Å². The van der Waals surface area contributed by atoms with Crippen molar-refractivity contribution in [2.45, 2.75) is 43.9 Å². The molecule has 10 aromatic rings. The number of aromatic nitrogens is 4. The molecule has 4 heteroatoms. The molecule has 4 bridgehead atoms. The third kappa shape index (κ3) is 4.20. The minimum Gasteiger partial charge on any atom is -0.309 e. The van der Waals surface area contributed by atoms with E-state index in [1.165, 1.54) is 92.9 Å². The number of nitrogens with zero attached hydrogens (tertiary/aromatic N) is 4. The Morgan fingerprint density at radius 2 is 0.836 bits per heavy atom. The lowest BCUT2D eigenvalue weighted by Gasteiger charge is -2.57. The van der Waals surface area contributed by atoms with Crippen LogP contribution in [-0.4, -0.2) is 18.7 Å². The summed E-state index contributed by atoms with van der Waals surface area (Å²) in [5.74, 6) is 4.62. The highest BCUT2D eigenvalue weighted by Gasteiger charge is 2.51. The molecule has 0 atom stereocenters. The molecule has 0 amide bonds. The molecule has 4 nitrogen and oxygen atoms in total. The Labute approximate surface area is 319 Å². The van der Waals surface area contributed by atoms with Gasteiger partial charge in [0.2, 0.25) is 0 Å². The second-order valence-electron chi connectivity index (χ2n) is 17.1. The van der Waals surface area contributed by atoms with Crippen molar-refractivity contribution in [3.05, 3.63) is 157 Å². The van der Waals surface area contributed by atoms with Crippen LogP contribution in [0, 0.1) is 17.8 Å². The average molecular weight is 709 g/mol. The van der Waals surface area contributed by atoms with Gasteiger partial charge in [0.15, 0.2) is 0 Å². The summed E-state index contributed by atoms with van der Waals surface area (Å²) in [5, 5.41) is 7.60. The lowest BCUT2D eigenvalue weighted by Crippen LogP contribution is -2.48. The van der Waals surface area contributed by atoms with Crippen LogP contribution in [0.4, 0.5) is 0 Å². The van der Waals surface area contributed by atoms with E-state index in [1.54, 1.807) is 5.56 Å². The molecule has 0 N–H and O–H groups in total. The van der Waals surface area contributed by atoms with Crippen LogP contribution in [0.2, 0.25) is 0 Å². The van der Waals surface area contributed by atoms with Crippen LogP contribution in [-0.2, 0) is 5.41 Å². The van der Waals surface area contributed by atoms with Crippen molar-refractivity contribution in [1.29, 1.82) is 0 Å². The Morgan fingerprint density at radius 1 is 0.382 bits per heavy atom. The molecule has 0 radical (unpaired) electrons. The molecule has 0 spiro atoms. The van der Waals surface area contributed by atoms with Crippen LogP contribution in [0.5, 0.6) is 0 Å². The van der Waals surface area contributed by atoms with Crippen molar-refractivity contribution in [3.63, 3.8) is 0 Å². The third-order valence-corrected chi connectivity index (χ3v) is 14.0. The number of benzene rings is 6. The standard InChI is InChI=1S/C51H40N4/c1-5-14-43-37(10-1)38-11-2-6-15-44(38)53(43)36-21-23-47-42(28-36)40-13-4-8-17-46(40)54(47)49-18-9-19-50(52-49)55-45-16-7-3-12-39(45)41-22-20-35(27-48(41)55)51-29-32-24-33(30-51)26-34(25-32)31-51/h1-23,27-28,32-34H,24-26,29-31H2. The first-order valence-electron chi connectivity index (χ1n) is 20.2. The summed E-state index contributed by atoms with van der Waals surface area (Å²) in [6, 6.07) is 56.2. The van der Waals surface area contributed by atoms with Gasteiger partial charge in [0.1, 0.15) is 11.6 Å². The summed E-state index contributed by atoms with van der Waals surface area (Å²) < 4.78 is 7.21. The van der Waals surface area contributed by atoms with Gasteiger partial charge in [-0.25, -0.2) is 4.98 Å². The SMILES string of the molecule is c1cc(-n2c3ccccc3c3cc(-n4c5ccccc5c5ccccc54)ccc32)nc(-n2c3ccccc3c3ccc(C45CC6CC(CC(C6)C4)C5)cc32)c1. The maximum Gasteiger partial charge on any atom is 0.140 e. The second-order valence-corrected chi connectivity index (χ2v) is 17.1. The van der Waals surface area contributed by atoms with Crippen molar-refractivity contribution in [3.8, 4) is 17.3 Å². The molecule has 0 unspecified atom stereocenters. The lowest BCUT2D eigenvalue weighted by atomic mass is 9.48. The fourth-order valence-corrected chi connectivity index (χ4v) is 12.2. The molecule has 0 saturated heterocycles. The van der Waals surface area contributed by atoms with Gasteiger partial charge in [-0.2, -0.15) is 0 Å². The van der Waals surface area contributed by atoms with Crippen molar-refractivity contribution in [2.75, 3.05) is 0 Å². The van der Waals surface area contributed by atoms with E-state index in [2.05, 4.69) is 165 Å². The summed E-state index contributed by atoms with van der Waals surface area (Å²) in [7, 11) is 0. The molecule has 55 heavy (non-hydrogen) atoms. The van der Waals surface area contributed by atoms with E-state index in [4.69, 9.17) is 4.98 Å². The number of rotatable bonds is 4. The maximum absolute atomic E-state index is 5.56. The summed E-state index contributed by atoms with van der Waals surface area (Å²) in [5.41, 5.74) is 10.3. The van der Waals surface area contributed by atoms with E-state index in [-0.39, 0.29) is 0 Å². The quantitative estimate of drug-likeness (QED) is 0.179. The zero-order valence-corrected chi connectivity index (χ0v) is 30.7. The number of fused-ring (bicyclic) bond motifs is 9. The van der Waals surface area contributed by atoms with E-state index in [0.717, 1.165) is 46.1 Å². The highest BCUT2D eigenvalue weighted by molar-refractivity contribution is 6.12. The Balaban J connectivity index is 1.00. The van der Waals surface area contributed by atoms with Gasteiger partial charge in [-0.15, -0.1) is 0 Å². The second kappa shape index (κ2) is 11.0. The molecule has 6 aromatic carbocycles. The smallest absolute Gasteiger partial charge is 0.140 e. The molecular weight excluding hydrogens is 669 g/mol. The molecule has 4 aliphatic carbocycles. The highest BCUT2D eigenvalue weighted by atomic mass is 15.1. The van der Waals surface area contributed by atoms with E-state index in [1.807, 2.05) is 0 Å². The Morgan fingerprint density at radius 3 is 1.40 bits per heavy atom. The van der Waals surface area contributed by atoms with E-state index in [9.17, 15) is 0 Å². The van der Waals surface area contributed by atoms with Crippen LogP contribution in [0.25, 0.3) is 82.7 Å². The minimum atomic E-state index is 0.334. The van der Waals surface area contributed by atoms with Crippen molar-refractivity contribution in [2.24, 2.45) is 17.8 Å². The number of pyridine rings is 1. The third-order valence-electron chi connectivity index (χ3n) is 14.0. The monoisotopic (exact) mass is 708 g/mol. The first kappa shape index (κ1) is 30.2. The van der Waals surface area contributed by atoms with E-state index in [0.29, 0.717) is 5.41 Å². The molecule has 0 aliphatic heterocycles. The first-order chi connectivity index (χ1) is 27.2. The molecule has 4 aromatic heterocycles. The molecule has 4 saturated carbocycles. The van der Waals surface area contributed by atoms with Gasteiger partial charge in [-0.3, -0.25) is 9.13 Å². The topological polar surface area (TPSA) is 27.7 Å². The van der Waals surface area contributed by atoms with Crippen LogP contribution in [0.3, 0.4) is 0 Å². The van der Waals surface area contributed by atoms with Crippen molar-refractivity contribution >= 4 is 65.4 Å². The summed E-state index contributed by atoms with van der Waals surface area (Å²) in [6.45, 7) is 0. The van der Waals surface area contributed by atoms with Gasteiger partial charge in [-0.05, 0) is 128 Å². The van der Waals surface area contributed by atoms with Gasteiger partial charge < -0.3 is 4.57 Å². The number of hydrogen-bond donors (Lipinski definition) is 0. The Bertz CT molecular complexity index is 3120. The Kier molecular flexibility index (Phi) is 6.03. The molecular formula is C51H40N4. The zero-order valence-electron chi connectivity index (χ0n) is 30.7. The van der Waals surface area contributed by atoms with Crippen LogP contribution in [0.15, 0.2) is 152 Å². The van der Waals surface area contributed by atoms with Crippen LogP contribution in [0.1, 0.15) is 44.1 Å². The van der Waals surface area contributed by atoms with Gasteiger partial charge >= 0.3 is 0 Å². The number of para-hydroxylation sites is 4. The average Bonchev–Trinajstić information content (AvgIpc) is 3.86. The Hall–Kier alpha value is -6.13. The minimum absolute atomic E-state index is 0.334. The zero-order chi connectivity index (χ0) is 35.8. The lowest BCUT2D eigenvalue weighted by molar-refractivity contribution is -0.00513. The van der Waals surface area contributed by atoms with E-state index < -0.39 is 0 Å². The molecule has 264 valence electrons. The molecule has 4 aliphatic rings. The van der Waals surface area contributed by atoms with Crippen LogP contribution < -0.4 is 0 Å². The molecule has 4 fully saturated rings. The number of hydrogen-bond acceptors (Lipinski definition) is 1. The summed E-state index contributed by atoms with van der Waals surface area (Å²) in [6.07, 6.45) is 8.48. The van der Waals surface area contributed by atoms with Gasteiger partial charge in [-0.1, -0.05) is 91.0 Å². The predicted molar refractivity (Wildman–Crippen MR) is 227 cm³/mol. The first-order valence-corrected chi connectivity index (χ1v) is 20.2. The molecule has 4 heterocycles. The maximum atomic E-state index is 5.56. The van der Waals surface area contributed by atoms with Crippen molar-refractivity contribution in [1.82, 2.24) is 18.7 Å². The van der Waals surface area contributed by atoms with Gasteiger partial charge in [0, 0.05) is 38.0 Å². The van der Waals surface area contributed by atoms with Gasteiger partial charge in [0.05, 0.1) is 33.1 Å².